The molecule has 2 aromatic heterocycles. The Morgan fingerprint density at radius 1 is 1.06 bits per heavy atom. The van der Waals surface area contributed by atoms with Crippen LogP contribution in [0, 0.1) is 6.92 Å². The molecule has 0 aliphatic rings. The molecule has 6 nitrogen and oxygen atoms in total. The summed E-state index contributed by atoms with van der Waals surface area (Å²) in [5.74, 6) is 1.31. The number of benzene rings is 1. The summed E-state index contributed by atoms with van der Waals surface area (Å²) in [6.45, 7) is 1.71. The van der Waals surface area contributed by atoms with Crippen molar-refractivity contribution in [3.8, 4) is 23.2 Å². The molecule has 2 heterocycles. The Hall–Kier alpha value is -2.21. The van der Waals surface area contributed by atoms with Crippen LogP contribution in [0.5, 0.6) is 0 Å². The van der Waals surface area contributed by atoms with Crippen molar-refractivity contribution in [1.82, 2.24) is 20.3 Å². The smallest absolute Gasteiger partial charge is 0.316 e. The number of aryl methyl sites for hydroxylation is 1. The first kappa shape index (κ1) is 10.9. The Labute approximate surface area is 107 Å². The van der Waals surface area contributed by atoms with E-state index < -0.39 is 0 Å². The average molecular weight is 263 g/mol. The zero-order chi connectivity index (χ0) is 12.5. The van der Waals surface area contributed by atoms with E-state index in [2.05, 4.69) is 20.3 Å². The molecule has 0 amide bonds. The quantitative estimate of drug-likeness (QED) is 0.707. The summed E-state index contributed by atoms with van der Waals surface area (Å²) in [6, 6.07) is 7.16. The maximum absolute atomic E-state index is 5.89. The normalized spacial score (nSPS) is 10.8. The molecule has 0 aliphatic heterocycles. The number of halogens is 1. The van der Waals surface area contributed by atoms with Crippen molar-refractivity contribution in [3.63, 3.8) is 0 Å². The minimum absolute atomic E-state index is 0.186. The topological polar surface area (TPSA) is 77.8 Å². The van der Waals surface area contributed by atoms with Crippen molar-refractivity contribution < 1.29 is 9.05 Å². The van der Waals surface area contributed by atoms with E-state index >= 15 is 0 Å². The maximum atomic E-state index is 5.89. The molecular weight excluding hydrogens is 256 g/mol. The molecule has 3 rings (SSSR count). The van der Waals surface area contributed by atoms with Crippen molar-refractivity contribution in [2.45, 2.75) is 6.92 Å². The van der Waals surface area contributed by atoms with Gasteiger partial charge in [0, 0.05) is 10.6 Å². The highest BCUT2D eigenvalue weighted by Crippen LogP contribution is 2.23. The van der Waals surface area contributed by atoms with Crippen LogP contribution in [0.25, 0.3) is 23.2 Å². The standard InChI is InChI=1S/C11H7ClN4O2/c1-6-13-10(17-15-6)11-14-9(16-18-11)7-3-2-4-8(12)5-7/h2-5H,1H3. The van der Waals surface area contributed by atoms with Crippen LogP contribution >= 0.6 is 11.6 Å². The minimum Gasteiger partial charge on any atom is -0.329 e. The third kappa shape index (κ3) is 1.98. The summed E-state index contributed by atoms with van der Waals surface area (Å²) in [4.78, 5) is 8.18. The highest BCUT2D eigenvalue weighted by atomic mass is 35.5. The highest BCUT2D eigenvalue weighted by Gasteiger charge is 2.16. The second kappa shape index (κ2) is 4.23. The molecule has 18 heavy (non-hydrogen) atoms. The van der Waals surface area contributed by atoms with E-state index in [1.165, 1.54) is 0 Å². The van der Waals surface area contributed by atoms with Crippen LogP contribution in [0.3, 0.4) is 0 Å². The average Bonchev–Trinajstić information content (AvgIpc) is 2.97. The van der Waals surface area contributed by atoms with Gasteiger partial charge in [0.1, 0.15) is 0 Å². The SMILES string of the molecule is Cc1noc(-c2nc(-c3cccc(Cl)c3)no2)n1. The van der Waals surface area contributed by atoms with Gasteiger partial charge in [-0.25, -0.2) is 0 Å². The number of rotatable bonds is 2. The highest BCUT2D eigenvalue weighted by molar-refractivity contribution is 6.30. The molecule has 0 bridgehead atoms. The predicted molar refractivity (Wildman–Crippen MR) is 62.8 cm³/mol. The van der Waals surface area contributed by atoms with E-state index in [1.807, 2.05) is 12.1 Å². The van der Waals surface area contributed by atoms with Gasteiger partial charge in [0.15, 0.2) is 5.82 Å². The summed E-state index contributed by atoms with van der Waals surface area (Å²) in [7, 11) is 0. The lowest BCUT2D eigenvalue weighted by Gasteiger charge is -1.93. The molecule has 1 aromatic carbocycles. The number of aromatic nitrogens is 4. The van der Waals surface area contributed by atoms with E-state index in [-0.39, 0.29) is 11.8 Å². The summed E-state index contributed by atoms with van der Waals surface area (Å²) in [5.41, 5.74) is 0.758. The fraction of sp³-hybridized carbons (Fsp3) is 0.0909. The zero-order valence-electron chi connectivity index (χ0n) is 9.29. The molecule has 0 spiro atoms. The molecular formula is C11H7ClN4O2. The first-order valence-electron chi connectivity index (χ1n) is 5.13. The Morgan fingerprint density at radius 2 is 1.83 bits per heavy atom. The van der Waals surface area contributed by atoms with Gasteiger partial charge in [0.25, 0.3) is 0 Å². The molecule has 3 aromatic rings. The molecule has 0 atom stereocenters. The molecule has 0 N–H and O–H groups in total. The first-order chi connectivity index (χ1) is 8.72. The van der Waals surface area contributed by atoms with Crippen LogP contribution in [-0.4, -0.2) is 20.3 Å². The maximum Gasteiger partial charge on any atom is 0.316 e. The van der Waals surface area contributed by atoms with Gasteiger partial charge in [0.2, 0.25) is 5.82 Å². The van der Waals surface area contributed by atoms with Gasteiger partial charge in [-0.3, -0.25) is 0 Å². The van der Waals surface area contributed by atoms with E-state index in [0.717, 1.165) is 5.56 Å². The number of hydrogen-bond donors (Lipinski definition) is 0. The summed E-state index contributed by atoms with van der Waals surface area (Å²) in [5, 5.41) is 8.10. The van der Waals surface area contributed by atoms with Gasteiger partial charge in [-0.1, -0.05) is 34.0 Å². The van der Waals surface area contributed by atoms with E-state index in [9.17, 15) is 0 Å². The van der Waals surface area contributed by atoms with Gasteiger partial charge >= 0.3 is 11.8 Å². The Morgan fingerprint density at radius 3 is 2.56 bits per heavy atom. The van der Waals surface area contributed by atoms with Crippen LogP contribution in [0.15, 0.2) is 33.3 Å². The lowest BCUT2D eigenvalue weighted by molar-refractivity contribution is 0.381. The van der Waals surface area contributed by atoms with Crippen molar-refractivity contribution in [3.05, 3.63) is 35.1 Å². The third-order valence-corrected chi connectivity index (χ3v) is 2.45. The summed E-state index contributed by atoms with van der Waals surface area (Å²) in [6.07, 6.45) is 0. The van der Waals surface area contributed by atoms with Crippen LogP contribution in [0.2, 0.25) is 5.02 Å². The van der Waals surface area contributed by atoms with Crippen molar-refractivity contribution in [1.29, 1.82) is 0 Å². The van der Waals surface area contributed by atoms with Gasteiger partial charge in [-0.05, 0) is 19.1 Å². The number of nitrogens with zero attached hydrogens (tertiary/aromatic N) is 4. The lowest BCUT2D eigenvalue weighted by Crippen LogP contribution is -1.81. The molecule has 0 aliphatic carbocycles. The van der Waals surface area contributed by atoms with Gasteiger partial charge < -0.3 is 9.05 Å². The van der Waals surface area contributed by atoms with Gasteiger partial charge in [-0.2, -0.15) is 9.97 Å². The summed E-state index contributed by atoms with van der Waals surface area (Å²) < 4.78 is 10.00. The van der Waals surface area contributed by atoms with E-state index in [1.54, 1.807) is 19.1 Å². The molecule has 0 fully saturated rings. The van der Waals surface area contributed by atoms with Gasteiger partial charge in [-0.15, -0.1) is 0 Å². The molecule has 0 radical (unpaired) electrons. The van der Waals surface area contributed by atoms with Crippen LogP contribution < -0.4 is 0 Å². The van der Waals surface area contributed by atoms with Crippen molar-refractivity contribution >= 4 is 11.6 Å². The van der Waals surface area contributed by atoms with Crippen LogP contribution in [-0.2, 0) is 0 Å². The Kier molecular flexibility index (Phi) is 2.56. The molecule has 0 saturated heterocycles. The lowest BCUT2D eigenvalue weighted by atomic mass is 10.2. The van der Waals surface area contributed by atoms with Crippen LogP contribution in [0.1, 0.15) is 5.82 Å². The predicted octanol–water partition coefficient (Wildman–Crippen LogP) is 2.75. The molecule has 0 saturated carbocycles. The molecule has 7 heteroatoms. The molecule has 90 valence electrons. The minimum atomic E-state index is 0.186. The monoisotopic (exact) mass is 262 g/mol. The second-order valence-corrected chi connectivity index (χ2v) is 4.02. The van der Waals surface area contributed by atoms with Crippen molar-refractivity contribution in [2.75, 3.05) is 0 Å². The molecule has 0 unspecified atom stereocenters. The number of hydrogen-bond acceptors (Lipinski definition) is 6. The van der Waals surface area contributed by atoms with Gasteiger partial charge in [0.05, 0.1) is 0 Å². The first-order valence-corrected chi connectivity index (χ1v) is 5.50. The van der Waals surface area contributed by atoms with E-state index in [4.69, 9.17) is 20.6 Å². The fourth-order valence-corrected chi connectivity index (χ4v) is 1.63. The third-order valence-electron chi connectivity index (χ3n) is 2.22. The second-order valence-electron chi connectivity index (χ2n) is 3.58. The zero-order valence-corrected chi connectivity index (χ0v) is 10.0. The van der Waals surface area contributed by atoms with E-state index in [0.29, 0.717) is 16.7 Å². The van der Waals surface area contributed by atoms with Crippen LogP contribution in [0.4, 0.5) is 0 Å². The Bertz CT molecular complexity index is 692. The van der Waals surface area contributed by atoms with Crippen molar-refractivity contribution in [2.24, 2.45) is 0 Å². The fourth-order valence-electron chi connectivity index (χ4n) is 1.44. The Balaban J connectivity index is 1.99. The largest absolute Gasteiger partial charge is 0.329 e. The summed E-state index contributed by atoms with van der Waals surface area (Å²) >= 11 is 5.89.